The molecule has 1 heterocycles. The Morgan fingerprint density at radius 2 is 1.70 bits per heavy atom. The normalized spacial score (nSPS) is 14.3. The van der Waals surface area contributed by atoms with Crippen molar-refractivity contribution in [1.82, 2.24) is 9.80 Å². The summed E-state index contributed by atoms with van der Waals surface area (Å²) in [5.41, 5.74) is 0.646. The average molecular weight is 321 g/mol. The molecule has 1 aromatic carbocycles. The van der Waals surface area contributed by atoms with Crippen molar-refractivity contribution < 1.29 is 19.1 Å². The summed E-state index contributed by atoms with van der Waals surface area (Å²) in [6.45, 7) is 6.45. The molecule has 7 heteroatoms. The molecule has 126 valence electrons. The summed E-state index contributed by atoms with van der Waals surface area (Å²) >= 11 is 0. The lowest BCUT2D eigenvalue weighted by Gasteiger charge is -2.34. The molecule has 7 nitrogen and oxygen atoms in total. The van der Waals surface area contributed by atoms with Crippen LogP contribution in [0.2, 0.25) is 0 Å². The van der Waals surface area contributed by atoms with E-state index in [0.29, 0.717) is 50.8 Å². The molecule has 1 aromatic rings. The largest absolute Gasteiger partial charge is 0.492 e. The van der Waals surface area contributed by atoms with Crippen molar-refractivity contribution in [1.29, 1.82) is 0 Å². The number of para-hydroxylation sites is 2. The maximum Gasteiger partial charge on any atom is 0.409 e. The molecule has 0 spiro atoms. The van der Waals surface area contributed by atoms with Crippen molar-refractivity contribution in [3.05, 3.63) is 24.3 Å². The predicted octanol–water partition coefficient (Wildman–Crippen LogP) is 2.39. The third kappa shape index (κ3) is 4.51. The smallest absolute Gasteiger partial charge is 0.409 e. The fraction of sp³-hybridized carbons (Fsp3) is 0.500. The molecule has 1 fully saturated rings. The summed E-state index contributed by atoms with van der Waals surface area (Å²) in [4.78, 5) is 27.3. The second-order valence-electron chi connectivity index (χ2n) is 5.03. The first kappa shape index (κ1) is 16.9. The molecule has 1 N–H and O–H groups in total. The molecule has 23 heavy (non-hydrogen) atoms. The van der Waals surface area contributed by atoms with Crippen molar-refractivity contribution >= 4 is 17.8 Å². The van der Waals surface area contributed by atoms with Gasteiger partial charge in [0.1, 0.15) is 5.75 Å². The van der Waals surface area contributed by atoms with Crippen LogP contribution in [0.5, 0.6) is 5.75 Å². The minimum absolute atomic E-state index is 0.194. The number of hydrogen-bond donors (Lipinski definition) is 1. The number of carbonyl (C=O) groups is 2. The quantitative estimate of drug-likeness (QED) is 0.924. The Morgan fingerprint density at radius 1 is 1.04 bits per heavy atom. The van der Waals surface area contributed by atoms with Crippen LogP contribution in [0, 0.1) is 0 Å². The number of hydrogen-bond acceptors (Lipinski definition) is 4. The van der Waals surface area contributed by atoms with Crippen LogP contribution in [0.15, 0.2) is 24.3 Å². The van der Waals surface area contributed by atoms with E-state index in [-0.39, 0.29) is 12.1 Å². The zero-order valence-corrected chi connectivity index (χ0v) is 13.6. The molecular formula is C16H23N3O4. The highest BCUT2D eigenvalue weighted by atomic mass is 16.6. The minimum atomic E-state index is -0.325. The Labute approximate surface area is 136 Å². The van der Waals surface area contributed by atoms with Crippen molar-refractivity contribution in [3.63, 3.8) is 0 Å². The van der Waals surface area contributed by atoms with E-state index in [2.05, 4.69) is 5.32 Å². The maximum atomic E-state index is 12.4. The molecule has 0 radical (unpaired) electrons. The summed E-state index contributed by atoms with van der Waals surface area (Å²) in [5.74, 6) is 0.647. The van der Waals surface area contributed by atoms with Crippen LogP contribution in [-0.2, 0) is 4.74 Å². The van der Waals surface area contributed by atoms with Crippen molar-refractivity contribution in [3.8, 4) is 5.75 Å². The van der Waals surface area contributed by atoms with Gasteiger partial charge < -0.3 is 24.6 Å². The Bertz CT molecular complexity index is 542. The number of nitrogens with one attached hydrogen (secondary N) is 1. The van der Waals surface area contributed by atoms with Gasteiger partial charge in [0.05, 0.1) is 18.9 Å². The molecule has 0 bridgehead atoms. The molecule has 0 aliphatic carbocycles. The highest BCUT2D eigenvalue weighted by molar-refractivity contribution is 5.91. The number of carbonyl (C=O) groups excluding carboxylic acids is 2. The lowest BCUT2D eigenvalue weighted by Crippen LogP contribution is -2.51. The fourth-order valence-corrected chi connectivity index (χ4v) is 2.35. The monoisotopic (exact) mass is 321 g/mol. The Kier molecular flexibility index (Phi) is 6.08. The van der Waals surface area contributed by atoms with Gasteiger partial charge in [-0.15, -0.1) is 0 Å². The lowest BCUT2D eigenvalue weighted by atomic mass is 10.3. The van der Waals surface area contributed by atoms with Gasteiger partial charge in [-0.25, -0.2) is 9.59 Å². The van der Waals surface area contributed by atoms with Crippen LogP contribution in [0.3, 0.4) is 0 Å². The van der Waals surface area contributed by atoms with Crippen LogP contribution in [0.4, 0.5) is 15.3 Å². The molecule has 1 aliphatic rings. The highest BCUT2D eigenvalue weighted by Gasteiger charge is 2.25. The van der Waals surface area contributed by atoms with Crippen LogP contribution in [0.1, 0.15) is 13.8 Å². The van der Waals surface area contributed by atoms with Crippen LogP contribution < -0.4 is 10.1 Å². The molecule has 3 amide bonds. The molecular weight excluding hydrogens is 298 g/mol. The molecule has 0 unspecified atom stereocenters. The standard InChI is InChI=1S/C16H23N3O4/c1-3-22-14-8-6-5-7-13(14)17-15(20)18-9-11-19(12-10-18)16(21)23-4-2/h5-8H,3-4,9-12H2,1-2H3,(H,17,20). The zero-order chi connectivity index (χ0) is 16.7. The third-order valence-electron chi connectivity index (χ3n) is 3.52. The van der Waals surface area contributed by atoms with Gasteiger partial charge in [0.2, 0.25) is 0 Å². The van der Waals surface area contributed by atoms with Crippen LogP contribution in [0.25, 0.3) is 0 Å². The van der Waals surface area contributed by atoms with Gasteiger partial charge in [0.25, 0.3) is 0 Å². The molecule has 1 saturated heterocycles. The first-order valence-corrected chi connectivity index (χ1v) is 7.85. The third-order valence-corrected chi connectivity index (χ3v) is 3.52. The van der Waals surface area contributed by atoms with Crippen LogP contribution in [-0.4, -0.2) is 61.3 Å². The van der Waals surface area contributed by atoms with Crippen LogP contribution >= 0.6 is 0 Å². The molecule has 0 aromatic heterocycles. The van der Waals surface area contributed by atoms with Gasteiger partial charge in [-0.1, -0.05) is 12.1 Å². The zero-order valence-electron chi connectivity index (χ0n) is 13.6. The second-order valence-corrected chi connectivity index (χ2v) is 5.03. The summed E-state index contributed by atoms with van der Waals surface area (Å²) in [7, 11) is 0. The van der Waals surface area contributed by atoms with Crippen molar-refractivity contribution in [2.45, 2.75) is 13.8 Å². The first-order valence-electron chi connectivity index (χ1n) is 7.85. The van der Waals surface area contributed by atoms with E-state index in [9.17, 15) is 9.59 Å². The van der Waals surface area contributed by atoms with E-state index in [1.165, 1.54) is 0 Å². The van der Waals surface area contributed by atoms with E-state index in [1.807, 2.05) is 25.1 Å². The fourth-order valence-electron chi connectivity index (χ4n) is 2.35. The van der Waals surface area contributed by atoms with Gasteiger partial charge >= 0.3 is 12.1 Å². The minimum Gasteiger partial charge on any atom is -0.492 e. The van der Waals surface area contributed by atoms with E-state index in [0.717, 1.165) is 0 Å². The summed E-state index contributed by atoms with van der Waals surface area (Å²) in [5, 5.41) is 2.86. The molecule has 0 saturated carbocycles. The first-order chi connectivity index (χ1) is 11.2. The summed E-state index contributed by atoms with van der Waals surface area (Å²) in [6, 6.07) is 7.13. The Hall–Kier alpha value is -2.44. The SMILES string of the molecule is CCOC(=O)N1CCN(C(=O)Nc2ccccc2OCC)CC1. The van der Waals surface area contributed by atoms with Crippen molar-refractivity contribution in [2.24, 2.45) is 0 Å². The summed E-state index contributed by atoms with van der Waals surface area (Å²) in [6.07, 6.45) is -0.325. The number of urea groups is 1. The molecule has 0 atom stereocenters. The van der Waals surface area contributed by atoms with E-state index in [4.69, 9.17) is 9.47 Å². The van der Waals surface area contributed by atoms with Gasteiger partial charge in [0, 0.05) is 26.2 Å². The number of benzene rings is 1. The number of ether oxygens (including phenoxy) is 2. The number of anilines is 1. The summed E-state index contributed by atoms with van der Waals surface area (Å²) < 4.78 is 10.5. The maximum absolute atomic E-state index is 12.4. The highest BCUT2D eigenvalue weighted by Crippen LogP contribution is 2.24. The van der Waals surface area contributed by atoms with Gasteiger partial charge in [-0.05, 0) is 26.0 Å². The van der Waals surface area contributed by atoms with Crippen molar-refractivity contribution in [2.75, 3.05) is 44.7 Å². The van der Waals surface area contributed by atoms with Gasteiger partial charge in [-0.3, -0.25) is 0 Å². The lowest BCUT2D eigenvalue weighted by molar-refractivity contribution is 0.0868. The Balaban J connectivity index is 1.89. The van der Waals surface area contributed by atoms with Gasteiger partial charge in [-0.2, -0.15) is 0 Å². The van der Waals surface area contributed by atoms with Gasteiger partial charge in [0.15, 0.2) is 0 Å². The molecule has 1 aliphatic heterocycles. The average Bonchev–Trinajstić information content (AvgIpc) is 2.57. The van der Waals surface area contributed by atoms with E-state index in [1.54, 1.807) is 22.8 Å². The number of rotatable bonds is 4. The number of nitrogens with zero attached hydrogens (tertiary/aromatic N) is 2. The number of piperazine rings is 1. The predicted molar refractivity (Wildman–Crippen MR) is 86.8 cm³/mol. The Morgan fingerprint density at radius 3 is 2.35 bits per heavy atom. The van der Waals surface area contributed by atoms with E-state index < -0.39 is 0 Å². The number of amides is 3. The van der Waals surface area contributed by atoms with E-state index >= 15 is 0 Å². The second kappa shape index (κ2) is 8.26. The topological polar surface area (TPSA) is 71.1 Å². The molecule has 2 rings (SSSR count).